The van der Waals surface area contributed by atoms with E-state index >= 15 is 0 Å². The number of benzene rings is 1. The lowest BCUT2D eigenvalue weighted by molar-refractivity contribution is -0.121. The zero-order valence-electron chi connectivity index (χ0n) is 16.8. The molecule has 2 atom stereocenters. The summed E-state index contributed by atoms with van der Waals surface area (Å²) in [5.41, 5.74) is 1.83. The molecule has 4 rings (SSSR count). The standard InChI is InChI=1S/C21H22ClN5O3/c1-3-18(28)25-14-5-6-15(9-14)27(2)21(29)19-23-10-12(11-24-19)20-26-16-7-4-13(22)8-17(16)30-20/h4,7-8,10-11,14-15H,3,5-6,9H2,1-2H3,(H,25,28). The molecule has 2 aromatic heterocycles. The summed E-state index contributed by atoms with van der Waals surface area (Å²) in [4.78, 5) is 38.9. The first-order valence-corrected chi connectivity index (χ1v) is 10.3. The van der Waals surface area contributed by atoms with Crippen molar-refractivity contribution in [1.29, 1.82) is 0 Å². The summed E-state index contributed by atoms with van der Waals surface area (Å²) in [6.07, 6.45) is 5.94. The maximum absolute atomic E-state index is 12.8. The Balaban J connectivity index is 1.44. The second-order valence-electron chi connectivity index (χ2n) is 7.43. The van der Waals surface area contributed by atoms with Crippen LogP contribution in [0.15, 0.2) is 35.0 Å². The van der Waals surface area contributed by atoms with Crippen LogP contribution in [0.4, 0.5) is 0 Å². The first kappa shape index (κ1) is 20.3. The number of carbonyl (C=O) groups is 2. The molecular formula is C21H22ClN5O3. The van der Waals surface area contributed by atoms with Gasteiger partial charge < -0.3 is 14.6 Å². The fourth-order valence-electron chi connectivity index (χ4n) is 3.66. The molecule has 1 fully saturated rings. The highest BCUT2D eigenvalue weighted by Crippen LogP contribution is 2.26. The number of carbonyl (C=O) groups excluding carboxylic acids is 2. The number of hydrogen-bond acceptors (Lipinski definition) is 6. The van der Waals surface area contributed by atoms with Crippen molar-refractivity contribution in [2.45, 2.75) is 44.7 Å². The Morgan fingerprint density at radius 1 is 1.27 bits per heavy atom. The predicted molar refractivity (Wildman–Crippen MR) is 112 cm³/mol. The van der Waals surface area contributed by atoms with Crippen LogP contribution in [0.25, 0.3) is 22.6 Å². The molecule has 30 heavy (non-hydrogen) atoms. The van der Waals surface area contributed by atoms with E-state index < -0.39 is 0 Å². The predicted octanol–water partition coefficient (Wildman–Crippen LogP) is 3.46. The van der Waals surface area contributed by atoms with Crippen LogP contribution in [-0.2, 0) is 4.79 Å². The Hall–Kier alpha value is -3.00. The normalized spacial score (nSPS) is 18.5. The lowest BCUT2D eigenvalue weighted by Crippen LogP contribution is -2.38. The molecule has 0 saturated heterocycles. The van der Waals surface area contributed by atoms with E-state index in [-0.39, 0.29) is 29.7 Å². The molecule has 1 saturated carbocycles. The Morgan fingerprint density at radius 3 is 2.77 bits per heavy atom. The second kappa shape index (κ2) is 8.39. The van der Waals surface area contributed by atoms with Gasteiger partial charge in [0.1, 0.15) is 5.52 Å². The summed E-state index contributed by atoms with van der Waals surface area (Å²) in [5.74, 6) is 0.264. The molecule has 0 spiro atoms. The number of fused-ring (bicyclic) bond motifs is 1. The molecule has 156 valence electrons. The zero-order chi connectivity index (χ0) is 21.3. The largest absolute Gasteiger partial charge is 0.436 e. The molecule has 0 radical (unpaired) electrons. The molecule has 0 bridgehead atoms. The molecule has 0 aliphatic heterocycles. The van der Waals surface area contributed by atoms with Gasteiger partial charge in [0.05, 0.1) is 5.56 Å². The number of oxazole rings is 1. The molecule has 2 unspecified atom stereocenters. The second-order valence-corrected chi connectivity index (χ2v) is 7.86. The number of nitrogens with zero attached hydrogens (tertiary/aromatic N) is 4. The van der Waals surface area contributed by atoms with Crippen molar-refractivity contribution in [1.82, 2.24) is 25.2 Å². The Labute approximate surface area is 178 Å². The van der Waals surface area contributed by atoms with Crippen molar-refractivity contribution in [3.63, 3.8) is 0 Å². The van der Waals surface area contributed by atoms with Crippen molar-refractivity contribution in [3.8, 4) is 11.5 Å². The lowest BCUT2D eigenvalue weighted by Gasteiger charge is -2.24. The van der Waals surface area contributed by atoms with Crippen molar-refractivity contribution >= 4 is 34.5 Å². The van der Waals surface area contributed by atoms with Gasteiger partial charge in [-0.1, -0.05) is 18.5 Å². The fraction of sp³-hybridized carbons (Fsp3) is 0.381. The maximum atomic E-state index is 12.8. The van der Waals surface area contributed by atoms with Crippen LogP contribution in [0.3, 0.4) is 0 Å². The fourth-order valence-corrected chi connectivity index (χ4v) is 3.83. The lowest BCUT2D eigenvalue weighted by atomic mass is 10.2. The van der Waals surface area contributed by atoms with Gasteiger partial charge in [0, 0.05) is 49.0 Å². The monoisotopic (exact) mass is 427 g/mol. The van der Waals surface area contributed by atoms with Gasteiger partial charge in [0.15, 0.2) is 5.58 Å². The smallest absolute Gasteiger partial charge is 0.291 e. The van der Waals surface area contributed by atoms with Crippen LogP contribution in [0, 0.1) is 0 Å². The van der Waals surface area contributed by atoms with E-state index in [1.807, 2.05) is 6.92 Å². The summed E-state index contributed by atoms with van der Waals surface area (Å²) in [5, 5.41) is 3.56. The van der Waals surface area contributed by atoms with Gasteiger partial charge in [-0.2, -0.15) is 0 Å². The number of aromatic nitrogens is 3. The van der Waals surface area contributed by atoms with Crippen LogP contribution in [-0.4, -0.2) is 50.8 Å². The molecule has 1 aromatic carbocycles. The van der Waals surface area contributed by atoms with Crippen molar-refractivity contribution in [2.75, 3.05) is 7.05 Å². The van der Waals surface area contributed by atoms with Crippen molar-refractivity contribution < 1.29 is 14.0 Å². The summed E-state index contributed by atoms with van der Waals surface area (Å²) in [6.45, 7) is 1.83. The number of hydrogen-bond donors (Lipinski definition) is 1. The minimum atomic E-state index is -0.252. The van der Waals surface area contributed by atoms with Gasteiger partial charge in [-0.25, -0.2) is 15.0 Å². The van der Waals surface area contributed by atoms with Gasteiger partial charge in [-0.15, -0.1) is 0 Å². The number of halogens is 1. The molecule has 2 amide bonds. The topological polar surface area (TPSA) is 101 Å². The average Bonchev–Trinajstić information content (AvgIpc) is 3.39. The van der Waals surface area contributed by atoms with Gasteiger partial charge in [0.2, 0.25) is 17.6 Å². The molecule has 1 aliphatic rings. The highest BCUT2D eigenvalue weighted by molar-refractivity contribution is 6.31. The van der Waals surface area contributed by atoms with E-state index in [0.29, 0.717) is 34.0 Å². The number of amides is 2. The Kier molecular flexibility index (Phi) is 5.67. The van der Waals surface area contributed by atoms with Crippen molar-refractivity contribution in [3.05, 3.63) is 41.4 Å². The SMILES string of the molecule is CCC(=O)NC1CCC(N(C)C(=O)c2ncc(-c3nc4ccc(Cl)cc4o3)cn2)C1. The van der Waals surface area contributed by atoms with Gasteiger partial charge in [-0.05, 0) is 31.4 Å². The third-order valence-electron chi connectivity index (χ3n) is 5.40. The van der Waals surface area contributed by atoms with Gasteiger partial charge in [0.25, 0.3) is 5.91 Å². The van der Waals surface area contributed by atoms with Crippen LogP contribution in [0.1, 0.15) is 43.2 Å². The van der Waals surface area contributed by atoms with Crippen LogP contribution in [0.2, 0.25) is 5.02 Å². The molecule has 3 aromatic rings. The van der Waals surface area contributed by atoms with Gasteiger partial charge in [-0.3, -0.25) is 9.59 Å². The average molecular weight is 428 g/mol. The van der Waals surface area contributed by atoms with E-state index in [9.17, 15) is 9.59 Å². The van der Waals surface area contributed by atoms with Crippen LogP contribution >= 0.6 is 11.6 Å². The molecule has 1 N–H and O–H groups in total. The van der Waals surface area contributed by atoms with Gasteiger partial charge >= 0.3 is 0 Å². The quantitative estimate of drug-likeness (QED) is 0.669. The molecule has 2 heterocycles. The minimum absolute atomic E-state index is 0.0371. The first-order chi connectivity index (χ1) is 14.4. The molecule has 8 nitrogen and oxygen atoms in total. The summed E-state index contributed by atoms with van der Waals surface area (Å²) >= 11 is 5.98. The van der Waals surface area contributed by atoms with E-state index in [2.05, 4.69) is 20.3 Å². The molecular weight excluding hydrogens is 406 g/mol. The van der Waals surface area contributed by atoms with Crippen LogP contribution < -0.4 is 5.32 Å². The van der Waals surface area contributed by atoms with E-state index in [0.717, 1.165) is 19.3 Å². The summed E-state index contributed by atoms with van der Waals surface area (Å²) < 4.78 is 5.71. The maximum Gasteiger partial charge on any atom is 0.291 e. The summed E-state index contributed by atoms with van der Waals surface area (Å²) in [6, 6.07) is 5.36. The first-order valence-electron chi connectivity index (χ1n) is 9.89. The zero-order valence-corrected chi connectivity index (χ0v) is 17.5. The van der Waals surface area contributed by atoms with E-state index in [1.54, 1.807) is 30.1 Å². The number of rotatable bonds is 5. The molecule has 1 aliphatic carbocycles. The van der Waals surface area contributed by atoms with E-state index in [4.69, 9.17) is 16.0 Å². The number of nitrogens with one attached hydrogen (secondary N) is 1. The highest BCUT2D eigenvalue weighted by atomic mass is 35.5. The molecule has 9 heteroatoms. The Morgan fingerprint density at radius 2 is 2.03 bits per heavy atom. The summed E-state index contributed by atoms with van der Waals surface area (Å²) in [7, 11) is 1.75. The third kappa shape index (κ3) is 4.14. The minimum Gasteiger partial charge on any atom is -0.436 e. The Bertz CT molecular complexity index is 1080. The third-order valence-corrected chi connectivity index (χ3v) is 5.63. The van der Waals surface area contributed by atoms with Crippen LogP contribution in [0.5, 0.6) is 0 Å². The highest BCUT2D eigenvalue weighted by Gasteiger charge is 2.31. The van der Waals surface area contributed by atoms with E-state index in [1.165, 1.54) is 12.4 Å². The van der Waals surface area contributed by atoms with Crippen molar-refractivity contribution in [2.24, 2.45) is 0 Å².